The van der Waals surface area contributed by atoms with E-state index in [-0.39, 0.29) is 11.6 Å². The summed E-state index contributed by atoms with van der Waals surface area (Å²) in [5, 5.41) is 1.10. The van der Waals surface area contributed by atoms with Gasteiger partial charge in [-0.15, -0.1) is 0 Å². The molecule has 3 heterocycles. The van der Waals surface area contributed by atoms with Gasteiger partial charge in [-0.3, -0.25) is 9.36 Å². The first kappa shape index (κ1) is 25.1. The van der Waals surface area contributed by atoms with E-state index in [2.05, 4.69) is 24.3 Å². The molecule has 0 bridgehead atoms. The van der Waals surface area contributed by atoms with Gasteiger partial charge in [0.15, 0.2) is 4.80 Å². The van der Waals surface area contributed by atoms with Gasteiger partial charge >= 0.3 is 0 Å². The lowest BCUT2D eigenvalue weighted by Gasteiger charge is -2.31. The third-order valence-electron chi connectivity index (χ3n) is 7.38. The number of hydrogen-bond donors (Lipinski definition) is 0. The fourth-order valence-electron chi connectivity index (χ4n) is 5.52. The maximum absolute atomic E-state index is 14.0. The molecular formula is C32H22Cl2N2O3S. The Bertz CT molecular complexity index is 2020. The van der Waals surface area contributed by atoms with Gasteiger partial charge in [-0.1, -0.05) is 70.9 Å². The molecule has 0 saturated carbocycles. The van der Waals surface area contributed by atoms with Gasteiger partial charge in [-0.25, -0.2) is 4.99 Å². The van der Waals surface area contributed by atoms with Crippen molar-refractivity contribution in [1.82, 2.24) is 4.57 Å². The summed E-state index contributed by atoms with van der Waals surface area (Å²) in [6.07, 6.45) is 3.49. The summed E-state index contributed by atoms with van der Waals surface area (Å²) in [5.74, 6) is 1.87. The van der Waals surface area contributed by atoms with Gasteiger partial charge < -0.3 is 9.15 Å². The number of rotatable bonds is 4. The van der Waals surface area contributed by atoms with E-state index in [0.717, 1.165) is 41.0 Å². The van der Waals surface area contributed by atoms with Crippen LogP contribution >= 0.6 is 34.5 Å². The minimum atomic E-state index is -0.283. The van der Waals surface area contributed by atoms with E-state index >= 15 is 0 Å². The third kappa shape index (κ3) is 4.24. The predicted octanol–water partition coefficient (Wildman–Crippen LogP) is 6.89. The van der Waals surface area contributed by atoms with Gasteiger partial charge in [0.05, 0.1) is 28.4 Å². The number of nitrogens with zero attached hydrogens (tertiary/aromatic N) is 2. The summed E-state index contributed by atoms with van der Waals surface area (Å²) in [5.41, 5.74) is 6.07. The van der Waals surface area contributed by atoms with Crippen LogP contribution in [0.3, 0.4) is 0 Å². The molecule has 8 heteroatoms. The molecule has 1 aliphatic carbocycles. The number of allylic oxidation sites excluding steroid dienone is 1. The normalized spacial score (nSPS) is 16.3. The Labute approximate surface area is 243 Å². The summed E-state index contributed by atoms with van der Waals surface area (Å²) in [4.78, 5) is 19.7. The van der Waals surface area contributed by atoms with Crippen molar-refractivity contribution in [2.75, 3.05) is 7.11 Å². The van der Waals surface area contributed by atoms with Gasteiger partial charge in [0, 0.05) is 22.2 Å². The lowest BCUT2D eigenvalue weighted by Crippen LogP contribution is -2.38. The van der Waals surface area contributed by atoms with Gasteiger partial charge in [0.1, 0.15) is 17.3 Å². The zero-order chi connectivity index (χ0) is 27.4. The Kier molecular flexibility index (Phi) is 6.27. The Morgan fingerprint density at radius 1 is 1.00 bits per heavy atom. The van der Waals surface area contributed by atoms with Gasteiger partial charge in [0.25, 0.3) is 5.56 Å². The number of benzene rings is 3. The number of methoxy groups -OCH3 is 1. The highest BCUT2D eigenvalue weighted by Gasteiger charge is 2.32. The number of thiazole rings is 1. The molecule has 5 aromatic rings. The third-order valence-corrected chi connectivity index (χ3v) is 8.92. The van der Waals surface area contributed by atoms with Crippen LogP contribution in [-0.4, -0.2) is 11.7 Å². The average Bonchev–Trinajstić information content (AvgIpc) is 3.57. The molecule has 0 N–H and O–H groups in total. The number of fused-ring (bicyclic) bond motifs is 3. The molecular weight excluding hydrogens is 563 g/mol. The van der Waals surface area contributed by atoms with Crippen LogP contribution in [0, 0.1) is 0 Å². The first-order valence-corrected chi connectivity index (χ1v) is 14.4. The summed E-state index contributed by atoms with van der Waals surface area (Å²) < 4.78 is 14.0. The highest BCUT2D eigenvalue weighted by atomic mass is 35.5. The number of aromatic nitrogens is 1. The first-order chi connectivity index (χ1) is 19.5. The van der Waals surface area contributed by atoms with E-state index in [4.69, 9.17) is 37.3 Å². The van der Waals surface area contributed by atoms with Crippen LogP contribution in [0.2, 0.25) is 10.0 Å². The Morgan fingerprint density at radius 3 is 2.75 bits per heavy atom. The van der Waals surface area contributed by atoms with Gasteiger partial charge in [-0.2, -0.15) is 0 Å². The first-order valence-electron chi connectivity index (χ1n) is 12.8. The molecule has 0 radical (unpaired) electrons. The maximum Gasteiger partial charge on any atom is 0.271 e. The predicted molar refractivity (Wildman–Crippen MR) is 160 cm³/mol. The second-order valence-corrected chi connectivity index (χ2v) is 11.6. The highest BCUT2D eigenvalue weighted by Crippen LogP contribution is 2.41. The van der Waals surface area contributed by atoms with Crippen LogP contribution in [0.25, 0.3) is 23.1 Å². The van der Waals surface area contributed by atoms with Gasteiger partial charge in [0.2, 0.25) is 0 Å². The largest absolute Gasteiger partial charge is 0.497 e. The number of furan rings is 1. The van der Waals surface area contributed by atoms with Crippen LogP contribution in [-0.2, 0) is 6.42 Å². The van der Waals surface area contributed by atoms with Crippen molar-refractivity contribution in [3.05, 3.63) is 137 Å². The van der Waals surface area contributed by atoms with Crippen LogP contribution in [0.4, 0.5) is 0 Å². The molecule has 0 amide bonds. The van der Waals surface area contributed by atoms with Crippen molar-refractivity contribution in [2.45, 2.75) is 18.9 Å². The topological polar surface area (TPSA) is 56.7 Å². The second kappa shape index (κ2) is 9.97. The SMILES string of the molecule is COc1cccc([C@@H]2C3=C(N=c4s/c(=C/c5ccc(-c6cc(Cl)ccc6Cl)o5)c(=O)n42)c2ccccc2CC3)c1. The average molecular weight is 586 g/mol. The molecule has 2 aliphatic rings. The number of hydrogen-bond acceptors (Lipinski definition) is 5. The number of halogens is 2. The van der Waals surface area contributed by atoms with E-state index in [1.165, 1.54) is 16.9 Å². The molecule has 0 spiro atoms. The fourth-order valence-corrected chi connectivity index (χ4v) is 6.89. The molecule has 2 aromatic heterocycles. The van der Waals surface area contributed by atoms with E-state index in [9.17, 15) is 4.79 Å². The molecule has 0 unspecified atom stereocenters. The molecule has 198 valence electrons. The van der Waals surface area contributed by atoms with Crippen molar-refractivity contribution in [2.24, 2.45) is 4.99 Å². The summed E-state index contributed by atoms with van der Waals surface area (Å²) in [7, 11) is 1.65. The lowest BCUT2D eigenvalue weighted by atomic mass is 9.83. The Morgan fingerprint density at radius 2 is 1.88 bits per heavy atom. The van der Waals surface area contributed by atoms with Crippen molar-refractivity contribution < 1.29 is 9.15 Å². The standard InChI is InChI=1S/C32H22Cl2N2O3S/c1-38-21-7-4-6-19(15-21)30-24-12-9-18-5-2-3-8-23(18)29(24)35-32-36(30)31(37)28(40-32)17-22-11-14-27(39-22)25-16-20(33)10-13-26(25)34/h2-8,10-11,13-17,30H,9,12H2,1H3/b28-17+/t30-/m1/s1. The summed E-state index contributed by atoms with van der Waals surface area (Å²) in [6, 6.07) is 24.9. The summed E-state index contributed by atoms with van der Waals surface area (Å²) >= 11 is 13.9. The zero-order valence-electron chi connectivity index (χ0n) is 21.4. The molecule has 0 fully saturated rings. The van der Waals surface area contributed by atoms with Crippen molar-refractivity contribution in [3.8, 4) is 17.1 Å². The Balaban J connectivity index is 1.41. The molecule has 40 heavy (non-hydrogen) atoms. The maximum atomic E-state index is 14.0. The minimum absolute atomic E-state index is 0.110. The van der Waals surface area contributed by atoms with Crippen LogP contribution in [0.5, 0.6) is 5.75 Å². The van der Waals surface area contributed by atoms with Crippen molar-refractivity contribution in [1.29, 1.82) is 0 Å². The monoisotopic (exact) mass is 584 g/mol. The van der Waals surface area contributed by atoms with E-state index in [0.29, 0.717) is 36.5 Å². The van der Waals surface area contributed by atoms with E-state index in [1.54, 1.807) is 31.4 Å². The van der Waals surface area contributed by atoms with E-state index < -0.39 is 0 Å². The Hall–Kier alpha value is -3.84. The van der Waals surface area contributed by atoms with Crippen LogP contribution in [0.15, 0.2) is 98.6 Å². The van der Waals surface area contributed by atoms with Crippen molar-refractivity contribution >= 4 is 46.3 Å². The fraction of sp³-hybridized carbons (Fsp3) is 0.125. The number of ether oxygens (including phenoxy) is 1. The highest BCUT2D eigenvalue weighted by molar-refractivity contribution is 7.07. The molecule has 0 saturated heterocycles. The van der Waals surface area contributed by atoms with Gasteiger partial charge in [-0.05, 0) is 72.0 Å². The number of aryl methyl sites for hydroxylation is 1. The van der Waals surface area contributed by atoms with Crippen LogP contribution < -0.4 is 19.6 Å². The molecule has 5 nitrogen and oxygen atoms in total. The smallest absolute Gasteiger partial charge is 0.271 e. The zero-order valence-corrected chi connectivity index (χ0v) is 23.7. The molecule has 1 aliphatic heterocycles. The van der Waals surface area contributed by atoms with Crippen LogP contribution in [0.1, 0.15) is 34.9 Å². The van der Waals surface area contributed by atoms with Crippen molar-refractivity contribution in [3.63, 3.8) is 0 Å². The minimum Gasteiger partial charge on any atom is -0.497 e. The molecule has 7 rings (SSSR count). The molecule has 1 atom stereocenters. The quantitative estimate of drug-likeness (QED) is 0.231. The van der Waals surface area contributed by atoms with E-state index in [1.807, 2.05) is 41.0 Å². The summed E-state index contributed by atoms with van der Waals surface area (Å²) in [6.45, 7) is 0. The lowest BCUT2D eigenvalue weighted by molar-refractivity contribution is 0.413. The second-order valence-electron chi connectivity index (χ2n) is 9.72. The molecule has 3 aromatic carbocycles.